The summed E-state index contributed by atoms with van der Waals surface area (Å²) in [4.78, 5) is 15.2. The topological polar surface area (TPSA) is 59.4 Å². The third-order valence-corrected chi connectivity index (χ3v) is 3.27. The molecule has 0 amide bonds. The molecule has 1 N–H and O–H groups in total. The van der Waals surface area contributed by atoms with Crippen LogP contribution in [-0.2, 0) is 0 Å². The molecule has 0 radical (unpaired) electrons. The fraction of sp³-hybridized carbons (Fsp3) is 0. The van der Waals surface area contributed by atoms with Crippen molar-refractivity contribution in [2.24, 2.45) is 0 Å². The minimum Gasteiger partial charge on any atom is -0.449 e. The van der Waals surface area contributed by atoms with Crippen molar-refractivity contribution >= 4 is 28.8 Å². The number of thiazole rings is 1. The molecule has 72 valence electrons. The molecule has 0 aliphatic rings. The van der Waals surface area contributed by atoms with E-state index in [0.29, 0.717) is 0 Å². The third kappa shape index (κ3) is 1.91. The van der Waals surface area contributed by atoms with E-state index in [0.717, 1.165) is 9.88 Å². The van der Waals surface area contributed by atoms with Crippen LogP contribution in [0.1, 0.15) is 0 Å². The number of thiophene rings is 1. The van der Waals surface area contributed by atoms with E-state index >= 15 is 0 Å². The lowest BCUT2D eigenvalue weighted by molar-refractivity contribution is 0.143. The zero-order chi connectivity index (χ0) is 9.97. The minimum atomic E-state index is -1.34. The van der Waals surface area contributed by atoms with Crippen LogP contribution in [0.4, 0.5) is 4.79 Å². The van der Waals surface area contributed by atoms with Gasteiger partial charge in [-0.1, -0.05) is 6.07 Å². The Kier molecular flexibility index (Phi) is 2.47. The van der Waals surface area contributed by atoms with Crippen molar-refractivity contribution < 1.29 is 14.6 Å². The van der Waals surface area contributed by atoms with Crippen molar-refractivity contribution in [3.05, 3.63) is 22.9 Å². The van der Waals surface area contributed by atoms with Crippen LogP contribution in [0.5, 0.6) is 5.88 Å². The van der Waals surface area contributed by atoms with Gasteiger partial charge in [0.1, 0.15) is 5.01 Å². The second-order valence-corrected chi connectivity index (χ2v) is 4.14. The summed E-state index contributed by atoms with van der Waals surface area (Å²) in [5, 5.41) is 12.6. The Labute approximate surface area is 87.4 Å². The molecule has 2 heterocycles. The largest absolute Gasteiger partial charge is 0.512 e. The summed E-state index contributed by atoms with van der Waals surface area (Å²) < 4.78 is 4.41. The Morgan fingerprint density at radius 3 is 3.00 bits per heavy atom. The molecule has 0 aliphatic carbocycles. The Morgan fingerprint density at radius 1 is 1.50 bits per heavy atom. The third-order valence-electron chi connectivity index (χ3n) is 1.41. The van der Waals surface area contributed by atoms with Gasteiger partial charge in [0, 0.05) is 0 Å². The summed E-state index contributed by atoms with van der Waals surface area (Å²) in [5.41, 5.74) is 0. The Balaban J connectivity index is 2.22. The van der Waals surface area contributed by atoms with Crippen molar-refractivity contribution in [2.45, 2.75) is 0 Å². The van der Waals surface area contributed by atoms with Gasteiger partial charge in [0.25, 0.3) is 0 Å². The zero-order valence-corrected chi connectivity index (χ0v) is 8.47. The summed E-state index contributed by atoms with van der Waals surface area (Å²) in [6.07, 6.45) is -1.34. The standard InChI is InChI=1S/C8H5NO3S2/c10-8(11)12-6-4-14-7(9-6)5-2-1-3-13-5/h1-4H,(H,10,11). The molecule has 14 heavy (non-hydrogen) atoms. The molecule has 0 saturated heterocycles. The zero-order valence-electron chi connectivity index (χ0n) is 6.84. The number of ether oxygens (including phenoxy) is 1. The predicted molar refractivity (Wildman–Crippen MR) is 54.1 cm³/mol. The molecule has 0 aromatic carbocycles. The summed E-state index contributed by atoms with van der Waals surface area (Å²) in [5.74, 6) is 0.130. The normalized spacial score (nSPS) is 10.0. The van der Waals surface area contributed by atoms with Crippen LogP contribution in [-0.4, -0.2) is 16.2 Å². The highest BCUT2D eigenvalue weighted by atomic mass is 32.1. The van der Waals surface area contributed by atoms with E-state index in [-0.39, 0.29) is 5.88 Å². The van der Waals surface area contributed by atoms with Crippen LogP contribution < -0.4 is 4.74 Å². The monoisotopic (exact) mass is 227 g/mol. The highest BCUT2D eigenvalue weighted by molar-refractivity contribution is 7.20. The molecule has 0 spiro atoms. The number of aromatic nitrogens is 1. The molecule has 2 aromatic rings. The summed E-state index contributed by atoms with van der Waals surface area (Å²) >= 11 is 2.91. The van der Waals surface area contributed by atoms with Crippen molar-refractivity contribution in [3.63, 3.8) is 0 Å². The molecule has 0 bridgehead atoms. The predicted octanol–water partition coefficient (Wildman–Crippen LogP) is 2.93. The van der Waals surface area contributed by atoms with Gasteiger partial charge in [-0.25, -0.2) is 9.78 Å². The molecule has 4 nitrogen and oxygen atoms in total. The van der Waals surface area contributed by atoms with Gasteiger partial charge in [0.2, 0.25) is 5.88 Å². The van der Waals surface area contributed by atoms with E-state index < -0.39 is 6.16 Å². The average molecular weight is 227 g/mol. The number of carboxylic acid groups (broad SMARTS) is 1. The fourth-order valence-corrected chi connectivity index (χ4v) is 2.44. The number of hydrogen-bond acceptors (Lipinski definition) is 5. The minimum absolute atomic E-state index is 0.130. The van der Waals surface area contributed by atoms with Gasteiger partial charge < -0.3 is 9.84 Å². The smallest absolute Gasteiger partial charge is 0.449 e. The summed E-state index contributed by atoms with van der Waals surface area (Å²) in [6.45, 7) is 0. The second-order valence-electron chi connectivity index (χ2n) is 2.34. The average Bonchev–Trinajstić information content (AvgIpc) is 2.69. The highest BCUT2D eigenvalue weighted by Gasteiger charge is 2.08. The van der Waals surface area contributed by atoms with E-state index in [1.165, 1.54) is 11.3 Å². The van der Waals surface area contributed by atoms with Crippen molar-refractivity contribution in [2.75, 3.05) is 0 Å². The first-order valence-corrected chi connectivity index (χ1v) is 5.42. The van der Waals surface area contributed by atoms with E-state index in [9.17, 15) is 4.79 Å². The van der Waals surface area contributed by atoms with Crippen LogP contribution in [0.15, 0.2) is 22.9 Å². The van der Waals surface area contributed by atoms with E-state index in [1.807, 2.05) is 17.5 Å². The van der Waals surface area contributed by atoms with Crippen molar-refractivity contribution in [1.29, 1.82) is 0 Å². The number of hydrogen-bond donors (Lipinski definition) is 1. The van der Waals surface area contributed by atoms with Crippen LogP contribution in [0, 0.1) is 0 Å². The Hall–Kier alpha value is -1.40. The maximum absolute atomic E-state index is 10.2. The molecule has 0 unspecified atom stereocenters. The number of rotatable bonds is 2. The van der Waals surface area contributed by atoms with Crippen LogP contribution in [0.2, 0.25) is 0 Å². The van der Waals surface area contributed by atoms with Gasteiger partial charge in [0.15, 0.2) is 0 Å². The molecule has 0 fully saturated rings. The maximum Gasteiger partial charge on any atom is 0.512 e. The van der Waals surface area contributed by atoms with Gasteiger partial charge in [-0.3, -0.25) is 0 Å². The first-order valence-electron chi connectivity index (χ1n) is 3.66. The first-order chi connectivity index (χ1) is 6.75. The molecule has 6 heteroatoms. The van der Waals surface area contributed by atoms with E-state index in [2.05, 4.69) is 9.72 Å². The summed E-state index contributed by atoms with van der Waals surface area (Å²) in [7, 11) is 0. The fourth-order valence-electron chi connectivity index (χ4n) is 0.909. The van der Waals surface area contributed by atoms with Crippen LogP contribution in [0.25, 0.3) is 9.88 Å². The molecule has 0 saturated carbocycles. The second kappa shape index (κ2) is 3.77. The number of carbonyl (C=O) groups is 1. The molecular weight excluding hydrogens is 222 g/mol. The molecule has 0 aliphatic heterocycles. The lowest BCUT2D eigenvalue weighted by Gasteiger charge is -1.90. The SMILES string of the molecule is O=C(O)Oc1csc(-c2cccs2)n1. The van der Waals surface area contributed by atoms with Crippen LogP contribution >= 0.6 is 22.7 Å². The molecule has 2 aromatic heterocycles. The van der Waals surface area contributed by atoms with Gasteiger partial charge >= 0.3 is 6.16 Å². The van der Waals surface area contributed by atoms with Gasteiger partial charge in [-0.2, -0.15) is 0 Å². The number of nitrogens with zero attached hydrogens (tertiary/aromatic N) is 1. The van der Waals surface area contributed by atoms with Crippen molar-refractivity contribution in [1.82, 2.24) is 4.98 Å². The van der Waals surface area contributed by atoms with E-state index in [1.54, 1.807) is 16.7 Å². The van der Waals surface area contributed by atoms with Gasteiger partial charge in [0.05, 0.1) is 10.3 Å². The highest BCUT2D eigenvalue weighted by Crippen LogP contribution is 2.30. The molecule has 0 atom stereocenters. The first kappa shape index (κ1) is 9.17. The molecule has 2 rings (SSSR count). The maximum atomic E-state index is 10.2. The summed E-state index contributed by atoms with van der Waals surface area (Å²) in [6, 6.07) is 3.84. The van der Waals surface area contributed by atoms with Crippen molar-refractivity contribution in [3.8, 4) is 15.8 Å². The lowest BCUT2D eigenvalue weighted by Crippen LogP contribution is -2.02. The Morgan fingerprint density at radius 2 is 2.36 bits per heavy atom. The van der Waals surface area contributed by atoms with Gasteiger partial charge in [-0.05, 0) is 11.4 Å². The lowest BCUT2D eigenvalue weighted by atomic mass is 10.5. The van der Waals surface area contributed by atoms with E-state index in [4.69, 9.17) is 5.11 Å². The van der Waals surface area contributed by atoms with Crippen LogP contribution in [0.3, 0.4) is 0 Å². The Bertz CT molecular complexity index is 435. The quantitative estimate of drug-likeness (QED) is 0.801. The van der Waals surface area contributed by atoms with Gasteiger partial charge in [-0.15, -0.1) is 22.7 Å². The molecular formula is C8H5NO3S2.